The number of aromatic hydroxyl groups is 1. The first kappa shape index (κ1) is 19.4. The second kappa shape index (κ2) is 7.81. The molecule has 8 heteroatoms. The Morgan fingerprint density at radius 1 is 1.03 bits per heavy atom. The van der Waals surface area contributed by atoms with Gasteiger partial charge in [0.25, 0.3) is 0 Å². The Balaban J connectivity index is 1.46. The molecule has 2 heterocycles. The fourth-order valence-electron chi connectivity index (χ4n) is 3.59. The number of aromatic nitrogens is 1. The fourth-order valence-corrected chi connectivity index (χ4v) is 5.22. The van der Waals surface area contributed by atoms with Crippen LogP contribution in [0, 0.1) is 0 Å². The summed E-state index contributed by atoms with van der Waals surface area (Å²) in [6.45, 7) is 1.16. The summed E-state index contributed by atoms with van der Waals surface area (Å²) in [5, 5.41) is 11.0. The molecule has 0 spiro atoms. The Morgan fingerprint density at radius 2 is 1.79 bits per heavy atom. The first-order valence-corrected chi connectivity index (χ1v) is 10.8. The molecule has 1 saturated heterocycles. The minimum absolute atomic E-state index is 0.0797. The molecule has 1 aliphatic heterocycles. The van der Waals surface area contributed by atoms with E-state index in [4.69, 9.17) is 0 Å². The standard InChI is InChI=1S/C21H21N3O4S/c25-18-5-1-3-16(13-18)14-21(26)23-9-11-24(12-10-23)29(27,28)20-6-2-4-17-15-22-8-7-19(17)20/h1-8,13,15,25H,9-12,14H2. The van der Waals surface area contributed by atoms with Crippen LogP contribution in [0.4, 0.5) is 0 Å². The van der Waals surface area contributed by atoms with Gasteiger partial charge in [0, 0.05) is 49.3 Å². The van der Waals surface area contributed by atoms with Gasteiger partial charge in [-0.15, -0.1) is 0 Å². The summed E-state index contributed by atoms with van der Waals surface area (Å²) in [5.74, 6) is 0.0420. The van der Waals surface area contributed by atoms with Crippen molar-refractivity contribution in [2.24, 2.45) is 0 Å². The summed E-state index contributed by atoms with van der Waals surface area (Å²) in [4.78, 5) is 18.5. The Kier molecular flexibility index (Phi) is 5.21. The van der Waals surface area contributed by atoms with Crippen molar-refractivity contribution in [3.05, 3.63) is 66.5 Å². The van der Waals surface area contributed by atoms with Crippen LogP contribution in [0.2, 0.25) is 0 Å². The van der Waals surface area contributed by atoms with Gasteiger partial charge in [0.1, 0.15) is 5.75 Å². The maximum atomic E-state index is 13.2. The van der Waals surface area contributed by atoms with Gasteiger partial charge in [0.2, 0.25) is 15.9 Å². The van der Waals surface area contributed by atoms with Crippen LogP contribution in [0.5, 0.6) is 5.75 Å². The van der Waals surface area contributed by atoms with E-state index in [1.165, 1.54) is 4.31 Å². The lowest BCUT2D eigenvalue weighted by Gasteiger charge is -2.34. The van der Waals surface area contributed by atoms with E-state index < -0.39 is 10.0 Å². The first-order valence-electron chi connectivity index (χ1n) is 9.34. The minimum Gasteiger partial charge on any atom is -0.508 e. The van der Waals surface area contributed by atoms with E-state index in [0.29, 0.717) is 18.5 Å². The predicted molar refractivity (Wildman–Crippen MR) is 109 cm³/mol. The molecule has 1 fully saturated rings. The van der Waals surface area contributed by atoms with Crippen LogP contribution in [-0.4, -0.2) is 59.8 Å². The number of phenolic OH excluding ortho intramolecular Hbond substituents is 1. The van der Waals surface area contributed by atoms with Crippen LogP contribution in [0.15, 0.2) is 65.8 Å². The molecule has 7 nitrogen and oxygen atoms in total. The molecule has 1 amide bonds. The van der Waals surface area contributed by atoms with E-state index in [0.717, 1.165) is 10.9 Å². The minimum atomic E-state index is -3.67. The average molecular weight is 411 g/mol. The van der Waals surface area contributed by atoms with Gasteiger partial charge in [-0.2, -0.15) is 4.31 Å². The summed E-state index contributed by atoms with van der Waals surface area (Å²) in [7, 11) is -3.67. The molecule has 1 aromatic heterocycles. The lowest BCUT2D eigenvalue weighted by molar-refractivity contribution is -0.131. The predicted octanol–water partition coefficient (Wildman–Crippen LogP) is 2.02. The maximum absolute atomic E-state index is 13.2. The molecule has 0 aliphatic carbocycles. The first-order chi connectivity index (χ1) is 13.9. The normalized spacial score (nSPS) is 15.5. The van der Waals surface area contributed by atoms with Crippen LogP contribution in [0.25, 0.3) is 10.8 Å². The largest absolute Gasteiger partial charge is 0.508 e. The Labute approximate surface area is 169 Å². The van der Waals surface area contributed by atoms with Crippen molar-refractivity contribution in [1.29, 1.82) is 0 Å². The van der Waals surface area contributed by atoms with Gasteiger partial charge in [-0.25, -0.2) is 8.42 Å². The van der Waals surface area contributed by atoms with Gasteiger partial charge in [-0.05, 0) is 29.8 Å². The molecule has 0 unspecified atom stereocenters. The van der Waals surface area contributed by atoms with Gasteiger partial charge < -0.3 is 10.0 Å². The highest BCUT2D eigenvalue weighted by atomic mass is 32.2. The molecule has 1 aliphatic rings. The number of nitrogens with zero attached hydrogens (tertiary/aromatic N) is 3. The number of phenols is 1. The molecule has 150 valence electrons. The van der Waals surface area contributed by atoms with E-state index in [-0.39, 0.29) is 36.1 Å². The summed E-state index contributed by atoms with van der Waals surface area (Å²) < 4.78 is 27.8. The summed E-state index contributed by atoms with van der Waals surface area (Å²) in [5.41, 5.74) is 0.731. The SMILES string of the molecule is O=C(Cc1cccc(O)c1)N1CCN(S(=O)(=O)c2cccc3cnccc23)CC1. The van der Waals surface area contributed by atoms with Crippen LogP contribution in [-0.2, 0) is 21.2 Å². The third-order valence-corrected chi connectivity index (χ3v) is 7.07. The van der Waals surface area contributed by atoms with E-state index in [1.54, 1.807) is 59.8 Å². The number of sulfonamides is 1. The van der Waals surface area contributed by atoms with Crippen molar-refractivity contribution in [2.75, 3.05) is 26.2 Å². The molecule has 0 bridgehead atoms. The molecule has 1 N–H and O–H groups in total. The topological polar surface area (TPSA) is 90.8 Å². The van der Waals surface area contributed by atoms with Gasteiger partial charge >= 0.3 is 0 Å². The van der Waals surface area contributed by atoms with Crippen LogP contribution in [0.1, 0.15) is 5.56 Å². The number of hydrogen-bond acceptors (Lipinski definition) is 5. The second-order valence-electron chi connectivity index (χ2n) is 6.98. The van der Waals surface area contributed by atoms with E-state index in [9.17, 15) is 18.3 Å². The summed E-state index contributed by atoms with van der Waals surface area (Å²) in [6.07, 6.45) is 3.41. The van der Waals surface area contributed by atoms with Crippen molar-refractivity contribution in [2.45, 2.75) is 11.3 Å². The zero-order chi connectivity index (χ0) is 20.4. The van der Waals surface area contributed by atoms with Crippen molar-refractivity contribution >= 4 is 26.7 Å². The molecule has 2 aromatic carbocycles. The summed E-state index contributed by atoms with van der Waals surface area (Å²) >= 11 is 0. The number of amides is 1. The quantitative estimate of drug-likeness (QED) is 0.709. The molecule has 3 aromatic rings. The van der Waals surface area contributed by atoms with Gasteiger partial charge in [-0.3, -0.25) is 9.78 Å². The Morgan fingerprint density at radius 3 is 2.55 bits per heavy atom. The molecular formula is C21H21N3O4S. The van der Waals surface area contributed by atoms with Crippen molar-refractivity contribution in [1.82, 2.24) is 14.2 Å². The number of rotatable bonds is 4. The van der Waals surface area contributed by atoms with E-state index in [1.807, 2.05) is 6.07 Å². The van der Waals surface area contributed by atoms with Crippen LogP contribution >= 0.6 is 0 Å². The van der Waals surface area contributed by atoms with Gasteiger partial charge in [-0.1, -0.05) is 24.3 Å². The lowest BCUT2D eigenvalue weighted by Crippen LogP contribution is -2.50. The highest BCUT2D eigenvalue weighted by Crippen LogP contribution is 2.26. The number of fused-ring (bicyclic) bond motifs is 1. The van der Waals surface area contributed by atoms with E-state index >= 15 is 0 Å². The number of carbonyl (C=O) groups is 1. The van der Waals surface area contributed by atoms with Gasteiger partial charge in [0.05, 0.1) is 11.3 Å². The zero-order valence-electron chi connectivity index (χ0n) is 15.7. The number of pyridine rings is 1. The summed E-state index contributed by atoms with van der Waals surface area (Å²) in [6, 6.07) is 13.5. The van der Waals surface area contributed by atoms with Crippen molar-refractivity contribution in [3.8, 4) is 5.75 Å². The van der Waals surface area contributed by atoms with E-state index in [2.05, 4.69) is 4.98 Å². The number of piperazine rings is 1. The number of hydrogen-bond donors (Lipinski definition) is 1. The highest BCUT2D eigenvalue weighted by Gasteiger charge is 2.31. The monoisotopic (exact) mass is 411 g/mol. The van der Waals surface area contributed by atoms with Crippen LogP contribution in [0.3, 0.4) is 0 Å². The van der Waals surface area contributed by atoms with Crippen molar-refractivity contribution < 1.29 is 18.3 Å². The molecule has 4 rings (SSSR count). The average Bonchev–Trinajstić information content (AvgIpc) is 2.73. The lowest BCUT2D eigenvalue weighted by atomic mass is 10.1. The smallest absolute Gasteiger partial charge is 0.243 e. The molecule has 0 radical (unpaired) electrons. The Hall–Kier alpha value is -2.97. The zero-order valence-corrected chi connectivity index (χ0v) is 16.5. The molecular weight excluding hydrogens is 390 g/mol. The van der Waals surface area contributed by atoms with Gasteiger partial charge in [0.15, 0.2) is 0 Å². The number of carbonyl (C=O) groups excluding carboxylic acids is 1. The molecule has 0 saturated carbocycles. The highest BCUT2D eigenvalue weighted by molar-refractivity contribution is 7.89. The third-order valence-electron chi connectivity index (χ3n) is 5.12. The number of benzene rings is 2. The van der Waals surface area contributed by atoms with Crippen molar-refractivity contribution in [3.63, 3.8) is 0 Å². The molecule has 0 atom stereocenters. The molecule has 29 heavy (non-hydrogen) atoms. The Bertz CT molecular complexity index is 1150. The maximum Gasteiger partial charge on any atom is 0.243 e. The fraction of sp³-hybridized carbons (Fsp3) is 0.238. The van der Waals surface area contributed by atoms with Crippen LogP contribution < -0.4 is 0 Å². The third kappa shape index (κ3) is 3.94. The second-order valence-corrected chi connectivity index (χ2v) is 8.89.